The number of imidazole rings is 1. The van der Waals surface area contributed by atoms with E-state index in [1.165, 1.54) is 12.8 Å². The van der Waals surface area contributed by atoms with Gasteiger partial charge in [-0.3, -0.25) is 4.79 Å². The molecule has 1 aromatic heterocycles. The Kier molecular flexibility index (Phi) is 3.56. The Hall–Kier alpha value is -1.36. The van der Waals surface area contributed by atoms with Crippen molar-refractivity contribution in [3.05, 3.63) is 18.2 Å². The standard InChI is InChI=1S/C11H18N4O/c1-15-8-12-7-10(15)11(16)14-6-4-9-3-2-5-13-9/h7-9,13H,2-6H2,1H3,(H,14,16)/t9-/m0/s1. The van der Waals surface area contributed by atoms with Crippen LogP contribution in [0.15, 0.2) is 12.5 Å². The molecule has 1 amide bonds. The van der Waals surface area contributed by atoms with Crippen LogP contribution in [0.1, 0.15) is 29.8 Å². The third-order valence-corrected chi connectivity index (χ3v) is 2.99. The molecule has 1 aromatic rings. The molecular formula is C11H18N4O. The quantitative estimate of drug-likeness (QED) is 0.770. The number of hydrogen-bond donors (Lipinski definition) is 2. The summed E-state index contributed by atoms with van der Waals surface area (Å²) in [7, 11) is 1.82. The van der Waals surface area contributed by atoms with Crippen LogP contribution in [-0.4, -0.2) is 34.6 Å². The highest BCUT2D eigenvalue weighted by atomic mass is 16.1. The van der Waals surface area contributed by atoms with Gasteiger partial charge >= 0.3 is 0 Å². The molecule has 2 heterocycles. The smallest absolute Gasteiger partial charge is 0.269 e. The Labute approximate surface area is 95.2 Å². The van der Waals surface area contributed by atoms with Crippen molar-refractivity contribution in [3.8, 4) is 0 Å². The molecule has 2 rings (SSSR count). The van der Waals surface area contributed by atoms with Crippen LogP contribution in [0.4, 0.5) is 0 Å². The van der Waals surface area contributed by atoms with E-state index in [-0.39, 0.29) is 5.91 Å². The number of aromatic nitrogens is 2. The van der Waals surface area contributed by atoms with Crippen LogP contribution in [0.25, 0.3) is 0 Å². The fraction of sp³-hybridized carbons (Fsp3) is 0.636. The SMILES string of the molecule is Cn1cncc1C(=O)NCC[C@@H]1CCCN1. The second-order valence-corrected chi connectivity index (χ2v) is 4.23. The first-order valence-corrected chi connectivity index (χ1v) is 5.75. The molecule has 1 aliphatic rings. The molecule has 0 aromatic carbocycles. The maximum absolute atomic E-state index is 11.7. The van der Waals surface area contributed by atoms with Crippen molar-refractivity contribution in [2.45, 2.75) is 25.3 Å². The summed E-state index contributed by atoms with van der Waals surface area (Å²) in [5, 5.41) is 6.32. The van der Waals surface area contributed by atoms with Crippen LogP contribution in [0.5, 0.6) is 0 Å². The first-order valence-electron chi connectivity index (χ1n) is 5.75. The molecule has 0 aliphatic carbocycles. The number of nitrogens with one attached hydrogen (secondary N) is 2. The summed E-state index contributed by atoms with van der Waals surface area (Å²) in [6, 6.07) is 0.576. The molecule has 1 saturated heterocycles. The zero-order valence-corrected chi connectivity index (χ0v) is 9.57. The summed E-state index contributed by atoms with van der Waals surface area (Å²) >= 11 is 0. The minimum Gasteiger partial charge on any atom is -0.351 e. The second-order valence-electron chi connectivity index (χ2n) is 4.23. The van der Waals surface area contributed by atoms with Gasteiger partial charge in [0.05, 0.1) is 12.5 Å². The summed E-state index contributed by atoms with van der Waals surface area (Å²) in [5.41, 5.74) is 0.611. The van der Waals surface area contributed by atoms with Crippen molar-refractivity contribution in [1.82, 2.24) is 20.2 Å². The van der Waals surface area contributed by atoms with E-state index < -0.39 is 0 Å². The molecule has 0 bridgehead atoms. The Morgan fingerprint density at radius 1 is 1.75 bits per heavy atom. The minimum absolute atomic E-state index is 0.0435. The van der Waals surface area contributed by atoms with Gasteiger partial charge in [-0.25, -0.2) is 4.98 Å². The highest BCUT2D eigenvalue weighted by Gasteiger charge is 2.14. The number of aryl methyl sites for hydroxylation is 1. The van der Waals surface area contributed by atoms with E-state index in [0.29, 0.717) is 11.7 Å². The highest BCUT2D eigenvalue weighted by Crippen LogP contribution is 2.07. The molecule has 88 valence electrons. The van der Waals surface area contributed by atoms with E-state index in [1.807, 2.05) is 7.05 Å². The van der Waals surface area contributed by atoms with E-state index in [2.05, 4.69) is 15.6 Å². The number of nitrogens with zero attached hydrogens (tertiary/aromatic N) is 2. The average molecular weight is 222 g/mol. The number of amides is 1. The lowest BCUT2D eigenvalue weighted by atomic mass is 10.1. The Balaban J connectivity index is 1.73. The van der Waals surface area contributed by atoms with Crippen molar-refractivity contribution in [3.63, 3.8) is 0 Å². The zero-order valence-electron chi connectivity index (χ0n) is 9.57. The van der Waals surface area contributed by atoms with E-state index in [9.17, 15) is 4.79 Å². The van der Waals surface area contributed by atoms with E-state index in [0.717, 1.165) is 19.5 Å². The summed E-state index contributed by atoms with van der Waals surface area (Å²) in [5.74, 6) is -0.0435. The van der Waals surface area contributed by atoms with Crippen molar-refractivity contribution >= 4 is 5.91 Å². The fourth-order valence-electron chi connectivity index (χ4n) is 2.03. The van der Waals surface area contributed by atoms with Gasteiger partial charge in [-0.05, 0) is 25.8 Å². The number of rotatable bonds is 4. The van der Waals surface area contributed by atoms with Gasteiger partial charge in [-0.1, -0.05) is 0 Å². The maximum atomic E-state index is 11.7. The lowest BCUT2D eigenvalue weighted by Gasteiger charge is -2.10. The molecule has 1 atom stereocenters. The summed E-state index contributed by atoms with van der Waals surface area (Å²) in [6.45, 7) is 1.84. The molecule has 0 saturated carbocycles. The lowest BCUT2D eigenvalue weighted by Crippen LogP contribution is -2.31. The van der Waals surface area contributed by atoms with Crippen LogP contribution >= 0.6 is 0 Å². The van der Waals surface area contributed by atoms with Gasteiger partial charge in [0.25, 0.3) is 5.91 Å². The maximum Gasteiger partial charge on any atom is 0.269 e. The van der Waals surface area contributed by atoms with Gasteiger partial charge in [0.2, 0.25) is 0 Å². The highest BCUT2D eigenvalue weighted by molar-refractivity contribution is 5.92. The van der Waals surface area contributed by atoms with Gasteiger partial charge in [-0.2, -0.15) is 0 Å². The van der Waals surface area contributed by atoms with Gasteiger partial charge in [0, 0.05) is 19.6 Å². The Bertz CT molecular complexity index is 355. The molecule has 16 heavy (non-hydrogen) atoms. The number of hydrogen-bond acceptors (Lipinski definition) is 3. The predicted octanol–water partition coefficient (Wildman–Crippen LogP) is 0.292. The topological polar surface area (TPSA) is 59.0 Å². The second kappa shape index (κ2) is 5.12. The molecule has 5 nitrogen and oxygen atoms in total. The van der Waals surface area contributed by atoms with Crippen molar-refractivity contribution in [1.29, 1.82) is 0 Å². The molecule has 0 radical (unpaired) electrons. The summed E-state index contributed by atoms with van der Waals surface area (Å²) in [4.78, 5) is 15.6. The molecule has 1 aliphatic heterocycles. The Morgan fingerprint density at radius 3 is 3.25 bits per heavy atom. The van der Waals surface area contributed by atoms with Crippen molar-refractivity contribution in [2.24, 2.45) is 7.05 Å². The van der Waals surface area contributed by atoms with Crippen LogP contribution in [0.2, 0.25) is 0 Å². The van der Waals surface area contributed by atoms with E-state index >= 15 is 0 Å². The molecule has 0 spiro atoms. The summed E-state index contributed by atoms with van der Waals surface area (Å²) in [6.07, 6.45) is 6.70. The lowest BCUT2D eigenvalue weighted by molar-refractivity contribution is 0.0944. The predicted molar refractivity (Wildman–Crippen MR) is 61.2 cm³/mol. The first-order chi connectivity index (χ1) is 7.77. The average Bonchev–Trinajstić information content (AvgIpc) is 2.88. The van der Waals surface area contributed by atoms with Gasteiger partial charge in [0.1, 0.15) is 5.69 Å². The minimum atomic E-state index is -0.0435. The molecule has 1 fully saturated rings. The third kappa shape index (κ3) is 2.61. The van der Waals surface area contributed by atoms with Crippen molar-refractivity contribution < 1.29 is 4.79 Å². The van der Waals surface area contributed by atoms with Gasteiger partial charge in [-0.15, -0.1) is 0 Å². The molecule has 5 heteroatoms. The van der Waals surface area contributed by atoms with Crippen LogP contribution < -0.4 is 10.6 Å². The first kappa shape index (κ1) is 11.1. The van der Waals surface area contributed by atoms with Gasteiger partial charge < -0.3 is 15.2 Å². The summed E-state index contributed by atoms with van der Waals surface area (Å²) < 4.78 is 1.73. The molecular weight excluding hydrogens is 204 g/mol. The fourth-order valence-corrected chi connectivity index (χ4v) is 2.03. The largest absolute Gasteiger partial charge is 0.351 e. The molecule has 0 unspecified atom stereocenters. The number of carbonyl (C=O) groups is 1. The van der Waals surface area contributed by atoms with Crippen LogP contribution in [0, 0.1) is 0 Å². The van der Waals surface area contributed by atoms with Crippen molar-refractivity contribution in [2.75, 3.05) is 13.1 Å². The molecule has 2 N–H and O–H groups in total. The Morgan fingerprint density at radius 2 is 2.62 bits per heavy atom. The van der Waals surface area contributed by atoms with Crippen LogP contribution in [0.3, 0.4) is 0 Å². The van der Waals surface area contributed by atoms with Gasteiger partial charge in [0.15, 0.2) is 0 Å². The number of carbonyl (C=O) groups excluding carboxylic acids is 1. The monoisotopic (exact) mass is 222 g/mol. The normalized spacial score (nSPS) is 19.9. The van der Waals surface area contributed by atoms with E-state index in [1.54, 1.807) is 17.1 Å². The third-order valence-electron chi connectivity index (χ3n) is 2.99. The zero-order chi connectivity index (χ0) is 11.4. The van der Waals surface area contributed by atoms with Crippen LogP contribution in [-0.2, 0) is 7.05 Å². The van der Waals surface area contributed by atoms with E-state index in [4.69, 9.17) is 0 Å².